The molecule has 110 valence electrons. The molecular formula is C13H15N5O3. The largest absolute Gasteiger partial charge is 0.368 e. The molecule has 2 saturated heterocycles. The maximum atomic E-state index is 11.0. The topological polar surface area (TPSA) is 97.3 Å². The van der Waals surface area contributed by atoms with Crippen molar-refractivity contribution < 1.29 is 9.55 Å². The van der Waals surface area contributed by atoms with E-state index in [0.717, 1.165) is 31.9 Å². The number of nitrogens with one attached hydrogen (secondary N) is 1. The third kappa shape index (κ3) is 1.86. The molecule has 8 heteroatoms. The van der Waals surface area contributed by atoms with Crippen molar-refractivity contribution in [1.82, 2.24) is 15.6 Å². The van der Waals surface area contributed by atoms with Gasteiger partial charge in [0.1, 0.15) is 0 Å². The molecule has 1 spiro atoms. The minimum atomic E-state index is -0.458. The Balaban J connectivity index is 1.65. The number of nitro benzene ring substituents is 1. The van der Waals surface area contributed by atoms with Crippen LogP contribution in [0.4, 0.5) is 11.4 Å². The maximum absolute atomic E-state index is 11.0. The lowest BCUT2D eigenvalue weighted by atomic mass is 9.72. The Morgan fingerprint density at radius 1 is 1.24 bits per heavy atom. The van der Waals surface area contributed by atoms with E-state index in [4.69, 9.17) is 4.63 Å². The summed E-state index contributed by atoms with van der Waals surface area (Å²) in [6.07, 6.45) is 2.35. The smallest absolute Gasteiger partial charge is 0.300 e. The maximum Gasteiger partial charge on any atom is 0.300 e. The van der Waals surface area contributed by atoms with Crippen molar-refractivity contribution in [3.63, 3.8) is 0 Å². The van der Waals surface area contributed by atoms with Crippen LogP contribution in [0.15, 0.2) is 16.8 Å². The number of anilines is 1. The molecule has 0 aliphatic carbocycles. The van der Waals surface area contributed by atoms with Crippen LogP contribution in [-0.4, -0.2) is 41.4 Å². The minimum absolute atomic E-state index is 0.0629. The van der Waals surface area contributed by atoms with Crippen molar-refractivity contribution in [3.05, 3.63) is 22.2 Å². The van der Waals surface area contributed by atoms with Crippen LogP contribution in [-0.2, 0) is 0 Å². The molecule has 0 bridgehead atoms. The standard InChI is InChI=1S/C13H15N5O3/c19-18(20)10-2-1-9(11-12(10)16-21-15-11)17-7-13(8-17)3-5-14-6-4-13/h1-2,14H,3-8H2. The van der Waals surface area contributed by atoms with Crippen LogP contribution >= 0.6 is 0 Å². The average Bonchev–Trinajstić information content (AvgIpc) is 2.93. The molecule has 0 atom stereocenters. The second-order valence-corrected chi connectivity index (χ2v) is 5.93. The summed E-state index contributed by atoms with van der Waals surface area (Å²) >= 11 is 0. The van der Waals surface area contributed by atoms with Gasteiger partial charge in [0.25, 0.3) is 0 Å². The fourth-order valence-corrected chi connectivity index (χ4v) is 3.45. The van der Waals surface area contributed by atoms with E-state index < -0.39 is 4.92 Å². The van der Waals surface area contributed by atoms with E-state index in [1.54, 1.807) is 6.07 Å². The Labute approximate surface area is 120 Å². The van der Waals surface area contributed by atoms with Crippen LogP contribution in [0.3, 0.4) is 0 Å². The summed E-state index contributed by atoms with van der Waals surface area (Å²) in [7, 11) is 0. The van der Waals surface area contributed by atoms with Crippen molar-refractivity contribution in [1.29, 1.82) is 0 Å². The lowest BCUT2D eigenvalue weighted by molar-refractivity contribution is -0.383. The molecule has 21 heavy (non-hydrogen) atoms. The van der Waals surface area contributed by atoms with Gasteiger partial charge in [0.05, 0.1) is 10.6 Å². The predicted octanol–water partition coefficient (Wildman–Crippen LogP) is 1.32. The zero-order chi connectivity index (χ0) is 14.4. The third-order valence-corrected chi connectivity index (χ3v) is 4.63. The highest BCUT2D eigenvalue weighted by atomic mass is 16.6. The van der Waals surface area contributed by atoms with Gasteiger partial charge in [0.15, 0.2) is 5.52 Å². The van der Waals surface area contributed by atoms with Gasteiger partial charge in [-0.2, -0.15) is 0 Å². The third-order valence-electron chi connectivity index (χ3n) is 4.63. The SMILES string of the molecule is O=[N+]([O-])c1ccc(N2CC3(CCNCC3)C2)c2nonc12. The fraction of sp³-hybridized carbons (Fsp3) is 0.538. The number of benzene rings is 1. The number of nitro groups is 1. The molecule has 3 heterocycles. The monoisotopic (exact) mass is 289 g/mol. The van der Waals surface area contributed by atoms with Gasteiger partial charge in [-0.1, -0.05) is 0 Å². The number of hydrogen-bond donors (Lipinski definition) is 1. The number of aromatic nitrogens is 2. The fourth-order valence-electron chi connectivity index (χ4n) is 3.45. The molecular weight excluding hydrogens is 274 g/mol. The summed E-state index contributed by atoms with van der Waals surface area (Å²) < 4.78 is 4.71. The van der Waals surface area contributed by atoms with E-state index in [-0.39, 0.29) is 11.2 Å². The van der Waals surface area contributed by atoms with Crippen molar-refractivity contribution in [2.45, 2.75) is 12.8 Å². The second kappa shape index (κ2) is 4.39. The zero-order valence-electron chi connectivity index (χ0n) is 11.4. The van der Waals surface area contributed by atoms with Gasteiger partial charge in [-0.3, -0.25) is 10.1 Å². The first kappa shape index (κ1) is 12.5. The molecule has 0 unspecified atom stereocenters. The molecule has 0 amide bonds. The van der Waals surface area contributed by atoms with Gasteiger partial charge < -0.3 is 10.2 Å². The number of fused-ring (bicyclic) bond motifs is 1. The van der Waals surface area contributed by atoms with E-state index in [1.165, 1.54) is 18.9 Å². The molecule has 2 aliphatic heterocycles. The summed E-state index contributed by atoms with van der Waals surface area (Å²) in [5, 5.41) is 21.9. The van der Waals surface area contributed by atoms with Crippen LogP contribution in [0.5, 0.6) is 0 Å². The first-order chi connectivity index (χ1) is 10.2. The van der Waals surface area contributed by atoms with E-state index in [0.29, 0.717) is 10.9 Å². The second-order valence-electron chi connectivity index (χ2n) is 5.93. The van der Waals surface area contributed by atoms with Crippen LogP contribution < -0.4 is 10.2 Å². The van der Waals surface area contributed by atoms with E-state index in [2.05, 4.69) is 20.5 Å². The number of nitrogens with zero attached hydrogens (tertiary/aromatic N) is 4. The van der Waals surface area contributed by atoms with E-state index >= 15 is 0 Å². The van der Waals surface area contributed by atoms with Crippen molar-refractivity contribution >= 4 is 22.4 Å². The molecule has 1 aromatic carbocycles. The first-order valence-corrected chi connectivity index (χ1v) is 7.04. The predicted molar refractivity (Wildman–Crippen MR) is 75.2 cm³/mol. The summed E-state index contributed by atoms with van der Waals surface area (Å²) in [5.74, 6) is 0. The molecule has 2 aromatic rings. The Morgan fingerprint density at radius 3 is 2.67 bits per heavy atom. The summed E-state index contributed by atoms with van der Waals surface area (Å²) in [6.45, 7) is 4.06. The van der Waals surface area contributed by atoms with Gasteiger partial charge in [-0.15, -0.1) is 0 Å². The molecule has 0 radical (unpaired) electrons. The van der Waals surface area contributed by atoms with Gasteiger partial charge in [0.2, 0.25) is 5.52 Å². The van der Waals surface area contributed by atoms with Crippen molar-refractivity contribution in [2.24, 2.45) is 5.41 Å². The molecule has 8 nitrogen and oxygen atoms in total. The van der Waals surface area contributed by atoms with Crippen molar-refractivity contribution in [2.75, 3.05) is 31.1 Å². The van der Waals surface area contributed by atoms with Crippen LogP contribution in [0.1, 0.15) is 12.8 Å². The lowest BCUT2D eigenvalue weighted by Gasteiger charge is -2.53. The number of hydrogen-bond acceptors (Lipinski definition) is 7. The summed E-state index contributed by atoms with van der Waals surface area (Å²) in [6, 6.07) is 3.23. The Bertz CT molecular complexity index is 699. The van der Waals surface area contributed by atoms with Gasteiger partial charge >= 0.3 is 5.69 Å². The van der Waals surface area contributed by atoms with Gasteiger partial charge in [-0.05, 0) is 42.3 Å². The Morgan fingerprint density at radius 2 is 1.95 bits per heavy atom. The molecule has 0 saturated carbocycles. The van der Waals surface area contributed by atoms with E-state index in [9.17, 15) is 10.1 Å². The van der Waals surface area contributed by atoms with Crippen LogP contribution in [0.2, 0.25) is 0 Å². The number of piperidine rings is 1. The summed E-state index contributed by atoms with van der Waals surface area (Å²) in [4.78, 5) is 12.7. The quantitative estimate of drug-likeness (QED) is 0.657. The highest BCUT2D eigenvalue weighted by molar-refractivity contribution is 5.94. The average molecular weight is 289 g/mol. The molecule has 1 N–H and O–H groups in total. The molecule has 4 rings (SSSR count). The summed E-state index contributed by atoms with van der Waals surface area (Å²) in [5.41, 5.74) is 1.90. The van der Waals surface area contributed by atoms with Gasteiger partial charge in [0, 0.05) is 24.6 Å². The zero-order valence-corrected chi connectivity index (χ0v) is 11.4. The molecule has 2 aliphatic rings. The first-order valence-electron chi connectivity index (χ1n) is 7.04. The number of rotatable bonds is 2. The normalized spacial score (nSPS) is 20.7. The molecule has 1 aromatic heterocycles. The molecule has 2 fully saturated rings. The minimum Gasteiger partial charge on any atom is -0.368 e. The Hall–Kier alpha value is -2.22. The van der Waals surface area contributed by atoms with Crippen LogP contribution in [0, 0.1) is 15.5 Å². The lowest BCUT2D eigenvalue weighted by Crippen LogP contribution is -2.60. The van der Waals surface area contributed by atoms with Gasteiger partial charge in [-0.25, -0.2) is 4.63 Å². The highest BCUT2D eigenvalue weighted by Gasteiger charge is 2.44. The van der Waals surface area contributed by atoms with E-state index in [1.807, 2.05) is 0 Å². The highest BCUT2D eigenvalue weighted by Crippen LogP contribution is 2.43. The Kier molecular flexibility index (Phi) is 2.61. The van der Waals surface area contributed by atoms with Crippen LogP contribution in [0.25, 0.3) is 11.0 Å². The number of non-ortho nitro benzene ring substituents is 1. The van der Waals surface area contributed by atoms with Crippen molar-refractivity contribution in [3.8, 4) is 0 Å².